The lowest BCUT2D eigenvalue weighted by atomic mass is 9.96. The van der Waals surface area contributed by atoms with Crippen LogP contribution in [0.1, 0.15) is 6.42 Å². The molecule has 6 nitrogen and oxygen atoms in total. The average molecular weight is 361 g/mol. The quantitative estimate of drug-likeness (QED) is 0.785. The molecule has 0 spiro atoms. The van der Waals surface area contributed by atoms with Crippen molar-refractivity contribution in [1.82, 2.24) is 4.90 Å². The maximum atomic E-state index is 12.9. The Morgan fingerprint density at radius 2 is 2.04 bits per heavy atom. The molecule has 0 aliphatic carbocycles. The van der Waals surface area contributed by atoms with E-state index in [-0.39, 0.29) is 19.9 Å². The number of hydrogen-bond acceptors (Lipinski definition) is 5. The van der Waals surface area contributed by atoms with Crippen LogP contribution in [0.4, 0.5) is 13.2 Å². The highest BCUT2D eigenvalue weighted by Gasteiger charge is 2.52. The summed E-state index contributed by atoms with van der Waals surface area (Å²) in [5.41, 5.74) is 0. The highest BCUT2D eigenvalue weighted by molar-refractivity contribution is 5.71. The minimum absolute atomic E-state index is 0.0937. The number of nitrogens with zero attached hydrogens (tertiary/aromatic N) is 1. The molecule has 2 heterocycles. The second kappa shape index (κ2) is 6.99. The second-order valence-electron chi connectivity index (χ2n) is 6.07. The summed E-state index contributed by atoms with van der Waals surface area (Å²) in [6.07, 6.45) is -4.01. The van der Waals surface area contributed by atoms with Crippen LogP contribution in [-0.2, 0) is 4.79 Å². The van der Waals surface area contributed by atoms with Crippen molar-refractivity contribution in [3.63, 3.8) is 0 Å². The third kappa shape index (κ3) is 4.09. The van der Waals surface area contributed by atoms with E-state index in [0.717, 1.165) is 0 Å². The zero-order chi connectivity index (χ0) is 18.0. The van der Waals surface area contributed by atoms with Crippen LogP contribution >= 0.6 is 0 Å². The van der Waals surface area contributed by atoms with Gasteiger partial charge in [-0.25, -0.2) is 0 Å². The predicted octanol–water partition coefficient (Wildman–Crippen LogP) is 2.38. The number of benzene rings is 1. The van der Waals surface area contributed by atoms with Crippen molar-refractivity contribution in [2.45, 2.75) is 12.6 Å². The van der Waals surface area contributed by atoms with E-state index in [0.29, 0.717) is 36.8 Å². The van der Waals surface area contributed by atoms with E-state index >= 15 is 0 Å². The van der Waals surface area contributed by atoms with Gasteiger partial charge in [-0.05, 0) is 18.6 Å². The summed E-state index contributed by atoms with van der Waals surface area (Å²) in [6, 6.07) is 5.14. The van der Waals surface area contributed by atoms with E-state index in [2.05, 4.69) is 0 Å². The number of alkyl halides is 3. The zero-order valence-electron chi connectivity index (χ0n) is 13.3. The van der Waals surface area contributed by atoms with Crippen molar-refractivity contribution < 1.29 is 37.3 Å². The van der Waals surface area contributed by atoms with Crippen molar-refractivity contribution in [2.24, 2.45) is 11.8 Å². The van der Waals surface area contributed by atoms with Gasteiger partial charge in [0.15, 0.2) is 11.5 Å². The Bertz CT molecular complexity index is 637. The fraction of sp³-hybridized carbons (Fsp3) is 0.562. The molecular weight excluding hydrogens is 343 g/mol. The lowest BCUT2D eigenvalue weighted by Crippen LogP contribution is -2.33. The maximum Gasteiger partial charge on any atom is 0.393 e. The van der Waals surface area contributed by atoms with Crippen molar-refractivity contribution in [3.8, 4) is 17.2 Å². The Labute approximate surface area is 142 Å². The number of fused-ring (bicyclic) bond motifs is 1. The molecule has 25 heavy (non-hydrogen) atoms. The minimum atomic E-state index is -4.50. The van der Waals surface area contributed by atoms with Gasteiger partial charge in [0, 0.05) is 25.7 Å². The Kier molecular flexibility index (Phi) is 4.94. The molecule has 0 aromatic heterocycles. The van der Waals surface area contributed by atoms with Gasteiger partial charge >= 0.3 is 12.1 Å². The molecule has 3 rings (SSSR count). The molecule has 1 aromatic carbocycles. The van der Waals surface area contributed by atoms with Gasteiger partial charge in [-0.1, -0.05) is 0 Å². The van der Waals surface area contributed by atoms with Crippen LogP contribution in [0.2, 0.25) is 0 Å². The zero-order valence-corrected chi connectivity index (χ0v) is 13.3. The van der Waals surface area contributed by atoms with Gasteiger partial charge in [-0.2, -0.15) is 13.2 Å². The lowest BCUT2D eigenvalue weighted by Gasteiger charge is -2.18. The summed E-state index contributed by atoms with van der Waals surface area (Å²) in [6.45, 7) is 0.443. The van der Waals surface area contributed by atoms with E-state index in [1.807, 2.05) is 0 Å². The van der Waals surface area contributed by atoms with E-state index in [4.69, 9.17) is 19.3 Å². The average Bonchev–Trinajstić information content (AvgIpc) is 3.17. The largest absolute Gasteiger partial charge is 0.493 e. The number of halogens is 3. The predicted molar refractivity (Wildman–Crippen MR) is 79.8 cm³/mol. The first-order valence-electron chi connectivity index (χ1n) is 7.89. The Balaban J connectivity index is 1.45. The molecule has 0 unspecified atom stereocenters. The first-order chi connectivity index (χ1) is 11.8. The molecule has 1 fully saturated rings. The third-order valence-corrected chi connectivity index (χ3v) is 4.36. The monoisotopic (exact) mass is 361 g/mol. The molecular formula is C16H18F3NO5. The molecule has 2 aliphatic rings. The number of rotatable bonds is 6. The number of aliphatic carboxylic acids is 1. The van der Waals surface area contributed by atoms with Crippen LogP contribution in [0.15, 0.2) is 18.2 Å². The number of ether oxygens (including phenoxy) is 3. The number of carboxylic acids is 1. The Hall–Kier alpha value is -2.16. The Morgan fingerprint density at radius 1 is 1.28 bits per heavy atom. The first kappa shape index (κ1) is 17.7. The van der Waals surface area contributed by atoms with Crippen LogP contribution in [0.25, 0.3) is 0 Å². The van der Waals surface area contributed by atoms with Gasteiger partial charge in [0.1, 0.15) is 5.75 Å². The molecule has 0 bridgehead atoms. The summed E-state index contributed by atoms with van der Waals surface area (Å²) in [4.78, 5) is 12.6. The van der Waals surface area contributed by atoms with E-state index < -0.39 is 24.0 Å². The van der Waals surface area contributed by atoms with Crippen LogP contribution in [0, 0.1) is 11.8 Å². The van der Waals surface area contributed by atoms with Crippen LogP contribution in [0.5, 0.6) is 17.2 Å². The molecule has 1 saturated heterocycles. The van der Waals surface area contributed by atoms with Crippen molar-refractivity contribution in [3.05, 3.63) is 18.2 Å². The fourth-order valence-electron chi connectivity index (χ4n) is 3.09. The summed E-state index contributed by atoms with van der Waals surface area (Å²) < 4.78 is 54.8. The first-order valence-corrected chi connectivity index (χ1v) is 7.89. The van der Waals surface area contributed by atoms with Gasteiger partial charge < -0.3 is 24.2 Å². The molecule has 2 atom stereocenters. The molecule has 9 heteroatoms. The molecule has 0 saturated carbocycles. The fourth-order valence-corrected chi connectivity index (χ4v) is 3.09. The maximum absolute atomic E-state index is 12.9. The van der Waals surface area contributed by atoms with E-state index in [1.165, 1.54) is 4.90 Å². The van der Waals surface area contributed by atoms with Crippen LogP contribution in [-0.4, -0.2) is 55.2 Å². The molecule has 0 amide bonds. The molecule has 1 N–H and O–H groups in total. The van der Waals surface area contributed by atoms with Crippen molar-refractivity contribution in [2.75, 3.05) is 33.0 Å². The van der Waals surface area contributed by atoms with Gasteiger partial charge in [0.2, 0.25) is 6.79 Å². The van der Waals surface area contributed by atoms with E-state index in [1.54, 1.807) is 18.2 Å². The Morgan fingerprint density at radius 3 is 2.72 bits per heavy atom. The summed E-state index contributed by atoms with van der Waals surface area (Å²) in [5, 5.41) is 8.99. The highest BCUT2D eigenvalue weighted by atomic mass is 19.4. The minimum Gasteiger partial charge on any atom is -0.493 e. The molecule has 2 aliphatic heterocycles. The summed E-state index contributed by atoms with van der Waals surface area (Å²) in [5.74, 6) is -2.81. The number of carbonyl (C=O) groups is 1. The van der Waals surface area contributed by atoms with Gasteiger partial charge in [-0.3, -0.25) is 4.79 Å². The summed E-state index contributed by atoms with van der Waals surface area (Å²) in [7, 11) is 0. The normalized spacial score (nSPS) is 23.0. The number of carboxylic acid groups (broad SMARTS) is 1. The number of hydrogen-bond donors (Lipinski definition) is 1. The van der Waals surface area contributed by atoms with Gasteiger partial charge in [0.05, 0.1) is 18.4 Å². The molecule has 138 valence electrons. The topological polar surface area (TPSA) is 68.2 Å². The SMILES string of the molecule is O=C(O)[C@@H]1CN(CCCOc2ccc3c(c2)OCO3)C[C@H]1C(F)(F)F. The number of likely N-dealkylation sites (tertiary alicyclic amines) is 1. The van der Waals surface area contributed by atoms with Crippen molar-refractivity contribution >= 4 is 5.97 Å². The lowest BCUT2D eigenvalue weighted by molar-refractivity contribution is -0.188. The molecule has 0 radical (unpaired) electrons. The van der Waals surface area contributed by atoms with Gasteiger partial charge in [0.25, 0.3) is 0 Å². The van der Waals surface area contributed by atoms with Crippen LogP contribution < -0.4 is 14.2 Å². The highest BCUT2D eigenvalue weighted by Crippen LogP contribution is 2.38. The van der Waals surface area contributed by atoms with Crippen molar-refractivity contribution in [1.29, 1.82) is 0 Å². The second-order valence-corrected chi connectivity index (χ2v) is 6.07. The summed E-state index contributed by atoms with van der Waals surface area (Å²) >= 11 is 0. The van der Waals surface area contributed by atoms with E-state index in [9.17, 15) is 18.0 Å². The standard InChI is InChI=1S/C16H18F3NO5/c17-16(18,19)12-8-20(7-11(12)15(21)22)4-1-5-23-10-2-3-13-14(6-10)25-9-24-13/h2-3,6,11-12H,1,4-5,7-9H2,(H,21,22)/t11-,12-/m1/s1. The van der Waals surface area contributed by atoms with Gasteiger partial charge in [-0.15, -0.1) is 0 Å². The van der Waals surface area contributed by atoms with Crippen LogP contribution in [0.3, 0.4) is 0 Å². The third-order valence-electron chi connectivity index (χ3n) is 4.36. The molecule has 1 aromatic rings. The smallest absolute Gasteiger partial charge is 0.393 e.